The lowest BCUT2D eigenvalue weighted by molar-refractivity contribution is 0.0889. The van der Waals surface area contributed by atoms with Crippen LogP contribution in [0.3, 0.4) is 0 Å². The molecule has 1 rings (SSSR count). The van der Waals surface area contributed by atoms with Gasteiger partial charge in [-0.15, -0.1) is 0 Å². The lowest BCUT2D eigenvalue weighted by atomic mass is 9.92. The zero-order valence-corrected chi connectivity index (χ0v) is 7.82. The number of ether oxygens (including phenoxy) is 2. The van der Waals surface area contributed by atoms with Crippen molar-refractivity contribution >= 4 is 0 Å². The van der Waals surface area contributed by atoms with Crippen LogP contribution < -0.4 is 5.32 Å². The average Bonchev–Trinajstić information content (AvgIpc) is 2.09. The number of nitrogens with zero attached hydrogens (tertiary/aromatic N) is 1. The summed E-state index contributed by atoms with van der Waals surface area (Å²) < 4.78 is 10.2. The van der Waals surface area contributed by atoms with E-state index in [4.69, 9.17) is 9.47 Å². The van der Waals surface area contributed by atoms with E-state index in [1.807, 2.05) is 0 Å². The molecule has 1 fully saturated rings. The van der Waals surface area contributed by atoms with E-state index in [1.54, 1.807) is 14.2 Å². The Labute approximate surface area is 74.4 Å². The topological polar surface area (TPSA) is 32.6 Å². The molecule has 2 atom stereocenters. The van der Waals surface area contributed by atoms with Crippen LogP contribution in [0.2, 0.25) is 0 Å². The summed E-state index contributed by atoms with van der Waals surface area (Å²) >= 11 is 0. The highest BCUT2D eigenvalue weighted by atomic mass is 16.5. The second kappa shape index (κ2) is 5.51. The Morgan fingerprint density at radius 1 is 1.33 bits per heavy atom. The van der Waals surface area contributed by atoms with Gasteiger partial charge < -0.3 is 9.47 Å². The summed E-state index contributed by atoms with van der Waals surface area (Å²) in [6.07, 6.45) is 3.37. The molecule has 0 spiro atoms. The van der Waals surface area contributed by atoms with Crippen molar-refractivity contribution in [2.75, 3.05) is 34.0 Å². The number of hydrogen-bond acceptors (Lipinski definition) is 2. The van der Waals surface area contributed by atoms with Gasteiger partial charge in [-0.2, -0.15) is 0 Å². The summed E-state index contributed by atoms with van der Waals surface area (Å²) in [7, 11) is 3.44. The summed E-state index contributed by atoms with van der Waals surface area (Å²) in [5, 5.41) is 4.48. The van der Waals surface area contributed by atoms with E-state index >= 15 is 0 Å². The molecule has 0 bridgehead atoms. The van der Waals surface area contributed by atoms with Gasteiger partial charge in [0.05, 0.1) is 19.3 Å². The third-order valence-electron chi connectivity index (χ3n) is 2.15. The fourth-order valence-electron chi connectivity index (χ4n) is 1.54. The predicted octanol–water partition coefficient (Wildman–Crippen LogP) is 0.476. The van der Waals surface area contributed by atoms with Crippen molar-refractivity contribution in [2.45, 2.75) is 12.5 Å². The van der Waals surface area contributed by atoms with Crippen molar-refractivity contribution in [1.29, 1.82) is 0 Å². The predicted molar refractivity (Wildman–Crippen MR) is 46.9 cm³/mol. The van der Waals surface area contributed by atoms with Crippen LogP contribution >= 0.6 is 0 Å². The molecule has 1 aliphatic heterocycles. The molecule has 0 amide bonds. The molecular weight excluding hydrogens is 154 g/mol. The van der Waals surface area contributed by atoms with Crippen molar-refractivity contribution < 1.29 is 9.47 Å². The monoisotopic (exact) mass is 171 g/mol. The minimum Gasteiger partial charge on any atom is -0.384 e. The highest BCUT2D eigenvalue weighted by Gasteiger charge is 2.25. The zero-order valence-electron chi connectivity index (χ0n) is 7.82. The Balaban J connectivity index is 2.31. The van der Waals surface area contributed by atoms with Crippen molar-refractivity contribution in [2.24, 2.45) is 5.92 Å². The molecular formula is C9H17NO2. The highest BCUT2D eigenvalue weighted by Crippen LogP contribution is 2.16. The van der Waals surface area contributed by atoms with Gasteiger partial charge in [0.1, 0.15) is 0 Å². The first kappa shape index (κ1) is 9.96. The SMILES string of the molecule is COCC1[CH]CC[N]C1COC. The molecule has 2 unspecified atom stereocenters. The molecule has 0 N–H and O–H groups in total. The fourth-order valence-corrected chi connectivity index (χ4v) is 1.54. The van der Waals surface area contributed by atoms with E-state index in [0.29, 0.717) is 18.6 Å². The van der Waals surface area contributed by atoms with Gasteiger partial charge >= 0.3 is 0 Å². The summed E-state index contributed by atoms with van der Waals surface area (Å²) in [5.74, 6) is 0.448. The van der Waals surface area contributed by atoms with Gasteiger partial charge in [-0.05, 0) is 12.8 Å². The van der Waals surface area contributed by atoms with Crippen LogP contribution in [0, 0.1) is 12.3 Å². The Morgan fingerprint density at radius 3 is 2.75 bits per heavy atom. The molecule has 1 heterocycles. The second-order valence-corrected chi connectivity index (χ2v) is 3.07. The van der Waals surface area contributed by atoms with Crippen LogP contribution in [0.4, 0.5) is 0 Å². The Bertz CT molecular complexity index is 101. The number of hydrogen-bond donors (Lipinski definition) is 0. The first-order valence-corrected chi connectivity index (χ1v) is 4.36. The molecule has 0 aromatic rings. The number of piperidine rings is 1. The normalized spacial score (nSPS) is 30.5. The van der Waals surface area contributed by atoms with Crippen LogP contribution in [0.15, 0.2) is 0 Å². The molecule has 70 valence electrons. The van der Waals surface area contributed by atoms with Crippen molar-refractivity contribution in [3.8, 4) is 0 Å². The molecule has 0 aromatic carbocycles. The van der Waals surface area contributed by atoms with Crippen LogP contribution in [-0.2, 0) is 9.47 Å². The van der Waals surface area contributed by atoms with Gasteiger partial charge in [-0.25, -0.2) is 5.32 Å². The number of methoxy groups -OCH3 is 2. The van der Waals surface area contributed by atoms with E-state index in [9.17, 15) is 0 Å². The third-order valence-corrected chi connectivity index (χ3v) is 2.15. The van der Waals surface area contributed by atoms with Crippen molar-refractivity contribution in [1.82, 2.24) is 5.32 Å². The molecule has 0 aliphatic carbocycles. The Morgan fingerprint density at radius 2 is 2.08 bits per heavy atom. The highest BCUT2D eigenvalue weighted by molar-refractivity contribution is 4.91. The minimum atomic E-state index is 0.309. The summed E-state index contributed by atoms with van der Waals surface area (Å²) in [6, 6.07) is 0.309. The van der Waals surface area contributed by atoms with E-state index in [1.165, 1.54) is 0 Å². The van der Waals surface area contributed by atoms with E-state index in [-0.39, 0.29) is 0 Å². The Hall–Kier alpha value is -0.120. The van der Waals surface area contributed by atoms with Crippen LogP contribution in [-0.4, -0.2) is 40.0 Å². The Kier molecular flexibility index (Phi) is 4.58. The first-order chi connectivity index (χ1) is 5.88. The van der Waals surface area contributed by atoms with E-state index in [2.05, 4.69) is 11.7 Å². The smallest absolute Gasteiger partial charge is 0.0635 e. The maximum Gasteiger partial charge on any atom is 0.0635 e. The van der Waals surface area contributed by atoms with Crippen LogP contribution in [0.25, 0.3) is 0 Å². The summed E-state index contributed by atoms with van der Waals surface area (Å²) in [5.41, 5.74) is 0. The molecule has 2 radical (unpaired) electrons. The van der Waals surface area contributed by atoms with Crippen molar-refractivity contribution in [3.63, 3.8) is 0 Å². The quantitative estimate of drug-likeness (QED) is 0.616. The third kappa shape index (κ3) is 2.73. The molecule has 1 saturated heterocycles. The lowest BCUT2D eigenvalue weighted by Gasteiger charge is -2.29. The van der Waals surface area contributed by atoms with Crippen LogP contribution in [0.1, 0.15) is 6.42 Å². The van der Waals surface area contributed by atoms with Gasteiger partial charge in [-0.3, -0.25) is 0 Å². The van der Waals surface area contributed by atoms with Gasteiger partial charge in [0.15, 0.2) is 0 Å². The molecule has 1 aliphatic rings. The first-order valence-electron chi connectivity index (χ1n) is 4.36. The fraction of sp³-hybridized carbons (Fsp3) is 0.889. The summed E-state index contributed by atoms with van der Waals surface area (Å²) in [6.45, 7) is 2.41. The standard InChI is InChI=1S/C9H17NO2/c1-11-6-8-4-3-5-10-9(8)7-12-2/h4,8-9H,3,5-7H2,1-2H3. The molecule has 3 heteroatoms. The minimum absolute atomic E-state index is 0.309. The molecule has 0 aromatic heterocycles. The van der Waals surface area contributed by atoms with Gasteiger partial charge in [-0.1, -0.05) is 0 Å². The number of rotatable bonds is 4. The second-order valence-electron chi connectivity index (χ2n) is 3.07. The molecule has 0 saturated carbocycles. The maximum absolute atomic E-state index is 5.11. The average molecular weight is 171 g/mol. The molecule has 12 heavy (non-hydrogen) atoms. The van der Waals surface area contributed by atoms with Gasteiger partial charge in [0.2, 0.25) is 0 Å². The zero-order chi connectivity index (χ0) is 8.81. The lowest BCUT2D eigenvalue weighted by Crippen LogP contribution is -2.41. The van der Waals surface area contributed by atoms with Crippen LogP contribution in [0.5, 0.6) is 0 Å². The van der Waals surface area contributed by atoms with E-state index < -0.39 is 0 Å². The summed E-state index contributed by atoms with van der Waals surface area (Å²) in [4.78, 5) is 0. The van der Waals surface area contributed by atoms with Gasteiger partial charge in [0, 0.05) is 26.7 Å². The molecule has 3 nitrogen and oxygen atoms in total. The van der Waals surface area contributed by atoms with Crippen molar-refractivity contribution in [3.05, 3.63) is 6.42 Å². The van der Waals surface area contributed by atoms with Gasteiger partial charge in [0.25, 0.3) is 0 Å². The largest absolute Gasteiger partial charge is 0.384 e. The van der Waals surface area contributed by atoms with E-state index in [0.717, 1.165) is 19.6 Å². The maximum atomic E-state index is 5.11.